The Morgan fingerprint density at radius 3 is 2.80 bits per heavy atom. The lowest BCUT2D eigenvalue weighted by Gasteiger charge is -2.07. The Balaban J connectivity index is 1.56. The van der Waals surface area contributed by atoms with Crippen LogP contribution in [0.2, 0.25) is 5.02 Å². The highest BCUT2D eigenvalue weighted by molar-refractivity contribution is 9.10. The number of amides is 1. The van der Waals surface area contributed by atoms with Crippen molar-refractivity contribution in [3.05, 3.63) is 74.3 Å². The Morgan fingerprint density at radius 2 is 2.03 bits per heavy atom. The number of furan rings is 1. The van der Waals surface area contributed by atoms with Gasteiger partial charge in [-0.3, -0.25) is 9.59 Å². The Morgan fingerprint density at radius 1 is 1.17 bits per heavy atom. The standard InChI is InChI=1S/C20H10BrClN4O4/c21-9-1-4-15-12(7-9)16-17(30-15)20(28)25-18(24-16)11-3-2-10(8-13(11)22)23-19(27)14-5-6-29-26-14/h1-8H,(H,23,27)(H,24,25,28). The van der Waals surface area contributed by atoms with Gasteiger partial charge in [-0.05, 0) is 36.4 Å². The fourth-order valence-electron chi connectivity index (χ4n) is 3.06. The lowest BCUT2D eigenvalue weighted by molar-refractivity contribution is 0.101. The number of hydrogen-bond donors (Lipinski definition) is 2. The lowest BCUT2D eigenvalue weighted by atomic mass is 10.1. The second-order valence-electron chi connectivity index (χ2n) is 6.37. The maximum atomic E-state index is 12.6. The molecule has 3 heterocycles. The summed E-state index contributed by atoms with van der Waals surface area (Å²) < 4.78 is 11.1. The van der Waals surface area contributed by atoms with E-state index >= 15 is 0 Å². The molecular weight excluding hydrogens is 476 g/mol. The number of halogens is 2. The van der Waals surface area contributed by atoms with Crippen LogP contribution in [0.25, 0.3) is 33.5 Å². The third kappa shape index (κ3) is 3.17. The fraction of sp³-hybridized carbons (Fsp3) is 0. The van der Waals surface area contributed by atoms with Crippen LogP contribution >= 0.6 is 27.5 Å². The quantitative estimate of drug-likeness (QED) is 0.372. The van der Waals surface area contributed by atoms with Crippen LogP contribution in [0.15, 0.2) is 66.9 Å². The van der Waals surface area contributed by atoms with E-state index in [2.05, 4.69) is 40.9 Å². The zero-order chi connectivity index (χ0) is 20.8. The number of benzene rings is 2. The lowest BCUT2D eigenvalue weighted by Crippen LogP contribution is -2.12. The maximum Gasteiger partial charge on any atom is 0.294 e. The zero-order valence-corrected chi connectivity index (χ0v) is 17.2. The number of nitrogens with zero attached hydrogens (tertiary/aromatic N) is 2. The fourth-order valence-corrected chi connectivity index (χ4v) is 3.69. The molecule has 2 aromatic carbocycles. The highest BCUT2D eigenvalue weighted by Crippen LogP contribution is 2.32. The number of aromatic nitrogens is 3. The summed E-state index contributed by atoms with van der Waals surface area (Å²) in [6, 6.07) is 11.7. The molecule has 0 radical (unpaired) electrons. The van der Waals surface area contributed by atoms with Crippen molar-refractivity contribution >= 4 is 61.2 Å². The molecule has 0 bridgehead atoms. The van der Waals surface area contributed by atoms with Gasteiger partial charge in [-0.1, -0.05) is 32.7 Å². The Kier molecular flexibility index (Phi) is 4.41. The van der Waals surface area contributed by atoms with E-state index in [1.54, 1.807) is 24.3 Å². The normalized spacial score (nSPS) is 11.3. The summed E-state index contributed by atoms with van der Waals surface area (Å²) in [6.45, 7) is 0. The number of hydrogen-bond acceptors (Lipinski definition) is 6. The van der Waals surface area contributed by atoms with Crippen LogP contribution in [0.4, 0.5) is 5.69 Å². The first-order valence-electron chi connectivity index (χ1n) is 8.63. The van der Waals surface area contributed by atoms with Crippen molar-refractivity contribution in [1.82, 2.24) is 15.1 Å². The van der Waals surface area contributed by atoms with Crippen LogP contribution < -0.4 is 10.9 Å². The predicted octanol–water partition coefficient (Wildman–Crippen LogP) is 4.99. The first-order chi connectivity index (χ1) is 14.5. The van der Waals surface area contributed by atoms with E-state index in [9.17, 15) is 9.59 Å². The van der Waals surface area contributed by atoms with Crippen molar-refractivity contribution in [2.75, 3.05) is 5.32 Å². The number of fused-ring (bicyclic) bond motifs is 3. The molecule has 5 aromatic rings. The van der Waals surface area contributed by atoms with Gasteiger partial charge in [-0.15, -0.1) is 0 Å². The maximum absolute atomic E-state index is 12.6. The molecule has 1 amide bonds. The minimum absolute atomic E-state index is 0.138. The number of anilines is 1. The van der Waals surface area contributed by atoms with Gasteiger partial charge in [0.2, 0.25) is 5.58 Å². The average molecular weight is 486 g/mol. The number of carbonyl (C=O) groups is 1. The van der Waals surface area contributed by atoms with Crippen molar-refractivity contribution < 1.29 is 13.7 Å². The van der Waals surface area contributed by atoms with Gasteiger partial charge in [0.1, 0.15) is 23.2 Å². The second kappa shape index (κ2) is 7.12. The molecule has 0 aliphatic carbocycles. The van der Waals surface area contributed by atoms with Crippen molar-refractivity contribution in [1.29, 1.82) is 0 Å². The molecule has 0 aliphatic heterocycles. The molecule has 0 aliphatic rings. The molecule has 0 fully saturated rings. The molecule has 148 valence electrons. The number of nitrogens with one attached hydrogen (secondary N) is 2. The average Bonchev–Trinajstić information content (AvgIpc) is 3.37. The number of rotatable bonds is 3. The first-order valence-corrected chi connectivity index (χ1v) is 9.80. The summed E-state index contributed by atoms with van der Waals surface area (Å²) in [5, 5.41) is 7.26. The van der Waals surface area contributed by atoms with Gasteiger partial charge in [-0.25, -0.2) is 4.98 Å². The molecule has 10 heteroatoms. The number of aromatic amines is 1. The summed E-state index contributed by atoms with van der Waals surface area (Å²) in [6.07, 6.45) is 1.31. The number of carbonyl (C=O) groups excluding carboxylic acids is 1. The van der Waals surface area contributed by atoms with E-state index in [4.69, 9.17) is 16.0 Å². The van der Waals surface area contributed by atoms with Gasteiger partial charge in [0, 0.05) is 27.2 Å². The summed E-state index contributed by atoms with van der Waals surface area (Å²) in [7, 11) is 0. The molecule has 8 nitrogen and oxygen atoms in total. The Labute approximate surface area is 181 Å². The SMILES string of the molecule is O=C(Nc1ccc(-c2nc3c(oc4ccc(Br)cc43)c(=O)[nH]2)c(Cl)c1)c1ccon1. The van der Waals surface area contributed by atoms with E-state index in [0.29, 0.717) is 32.8 Å². The summed E-state index contributed by atoms with van der Waals surface area (Å²) in [4.78, 5) is 31.9. The van der Waals surface area contributed by atoms with Crippen LogP contribution in [0, 0.1) is 0 Å². The van der Waals surface area contributed by atoms with E-state index in [0.717, 1.165) is 4.47 Å². The Bertz CT molecular complexity index is 1490. The van der Waals surface area contributed by atoms with Gasteiger partial charge in [0.05, 0.1) is 5.02 Å². The third-order valence-electron chi connectivity index (χ3n) is 4.44. The monoisotopic (exact) mass is 484 g/mol. The second-order valence-corrected chi connectivity index (χ2v) is 7.69. The van der Waals surface area contributed by atoms with Crippen LogP contribution in [-0.2, 0) is 0 Å². The van der Waals surface area contributed by atoms with Gasteiger partial charge in [-0.2, -0.15) is 0 Å². The smallest absolute Gasteiger partial charge is 0.294 e. The summed E-state index contributed by atoms with van der Waals surface area (Å²) in [5.74, 6) is -0.148. The highest BCUT2D eigenvalue weighted by atomic mass is 79.9. The zero-order valence-electron chi connectivity index (χ0n) is 14.9. The van der Waals surface area contributed by atoms with Gasteiger partial charge in [0.25, 0.3) is 11.5 Å². The van der Waals surface area contributed by atoms with Crippen LogP contribution in [-0.4, -0.2) is 21.0 Å². The molecule has 0 spiro atoms. The molecule has 0 atom stereocenters. The first kappa shape index (κ1) is 18.6. The molecule has 2 N–H and O–H groups in total. The molecule has 5 rings (SSSR count). The van der Waals surface area contributed by atoms with Gasteiger partial charge >= 0.3 is 0 Å². The molecule has 0 saturated carbocycles. The van der Waals surface area contributed by atoms with E-state index in [1.807, 2.05) is 12.1 Å². The van der Waals surface area contributed by atoms with Crippen molar-refractivity contribution in [2.24, 2.45) is 0 Å². The van der Waals surface area contributed by atoms with Gasteiger partial charge in [0.15, 0.2) is 5.69 Å². The minimum atomic E-state index is -0.434. The molecule has 0 saturated heterocycles. The summed E-state index contributed by atoms with van der Waals surface area (Å²) >= 11 is 9.83. The topological polar surface area (TPSA) is 114 Å². The Hall–Kier alpha value is -3.43. The van der Waals surface area contributed by atoms with Crippen LogP contribution in [0.3, 0.4) is 0 Å². The van der Waals surface area contributed by atoms with E-state index in [-0.39, 0.29) is 17.1 Å². The molecule has 30 heavy (non-hydrogen) atoms. The molecule has 0 unspecified atom stereocenters. The minimum Gasteiger partial charge on any atom is -0.449 e. The summed E-state index contributed by atoms with van der Waals surface area (Å²) in [5.41, 5.74) is 1.81. The van der Waals surface area contributed by atoms with Crippen LogP contribution in [0.5, 0.6) is 0 Å². The van der Waals surface area contributed by atoms with E-state index < -0.39 is 11.5 Å². The van der Waals surface area contributed by atoms with Crippen LogP contribution in [0.1, 0.15) is 10.5 Å². The highest BCUT2D eigenvalue weighted by Gasteiger charge is 2.17. The largest absolute Gasteiger partial charge is 0.449 e. The van der Waals surface area contributed by atoms with E-state index in [1.165, 1.54) is 12.3 Å². The van der Waals surface area contributed by atoms with Crippen molar-refractivity contribution in [2.45, 2.75) is 0 Å². The number of H-pyrrole nitrogens is 1. The van der Waals surface area contributed by atoms with Crippen molar-refractivity contribution in [3.8, 4) is 11.4 Å². The molecular formula is C20H10BrClN4O4. The van der Waals surface area contributed by atoms with Gasteiger partial charge < -0.3 is 19.2 Å². The van der Waals surface area contributed by atoms with Crippen molar-refractivity contribution in [3.63, 3.8) is 0 Å². The third-order valence-corrected chi connectivity index (χ3v) is 5.24. The predicted molar refractivity (Wildman–Crippen MR) is 115 cm³/mol. The molecule has 3 aromatic heterocycles.